The maximum Gasteiger partial charge on any atom is 0.255 e. The zero-order valence-corrected chi connectivity index (χ0v) is 14.9. The Kier molecular flexibility index (Phi) is 4.24. The fourth-order valence-electron chi connectivity index (χ4n) is 3.25. The molecule has 4 rings (SSSR count). The molecule has 7 nitrogen and oxygen atoms in total. The van der Waals surface area contributed by atoms with E-state index in [1.165, 1.54) is 10.8 Å². The monoisotopic (exact) mass is 385 g/mol. The molecule has 1 aliphatic heterocycles. The van der Waals surface area contributed by atoms with Gasteiger partial charge in [-0.05, 0) is 13.8 Å². The first-order valence-corrected chi connectivity index (χ1v) is 8.42. The SMILES string of the molecule is CC1C=CC(C)N1Nc1c(-c2c(F)cc(F)cc2F)c(C#N)nc2ncnn12. The number of anilines is 1. The Morgan fingerprint density at radius 2 is 1.71 bits per heavy atom. The maximum absolute atomic E-state index is 14.6. The van der Waals surface area contributed by atoms with E-state index < -0.39 is 23.0 Å². The Morgan fingerprint density at radius 3 is 2.32 bits per heavy atom. The molecule has 142 valence electrons. The minimum absolute atomic E-state index is 0.0389. The molecule has 0 aliphatic carbocycles. The van der Waals surface area contributed by atoms with E-state index in [0.29, 0.717) is 12.1 Å². The molecule has 28 heavy (non-hydrogen) atoms. The third kappa shape index (κ3) is 2.76. The number of nitrogens with one attached hydrogen (secondary N) is 1. The molecule has 2 unspecified atom stereocenters. The number of hydrogen-bond acceptors (Lipinski definition) is 6. The van der Waals surface area contributed by atoms with Crippen LogP contribution < -0.4 is 5.43 Å². The number of halogens is 3. The van der Waals surface area contributed by atoms with E-state index in [-0.39, 0.29) is 34.9 Å². The summed E-state index contributed by atoms with van der Waals surface area (Å²) in [6.45, 7) is 3.85. The van der Waals surface area contributed by atoms with E-state index in [2.05, 4.69) is 20.5 Å². The number of nitriles is 1. The van der Waals surface area contributed by atoms with Crippen molar-refractivity contribution >= 4 is 11.6 Å². The summed E-state index contributed by atoms with van der Waals surface area (Å²) in [7, 11) is 0. The van der Waals surface area contributed by atoms with Gasteiger partial charge in [0.25, 0.3) is 5.78 Å². The fourth-order valence-corrected chi connectivity index (χ4v) is 3.25. The van der Waals surface area contributed by atoms with E-state index in [4.69, 9.17) is 0 Å². The normalized spacial score (nSPS) is 19.3. The molecule has 0 saturated heterocycles. The van der Waals surface area contributed by atoms with Crippen LogP contribution in [0.3, 0.4) is 0 Å². The van der Waals surface area contributed by atoms with Crippen molar-refractivity contribution in [3.05, 3.63) is 53.8 Å². The minimum Gasteiger partial charge on any atom is -0.301 e. The Hall–Kier alpha value is -3.45. The first-order valence-electron chi connectivity index (χ1n) is 8.42. The number of fused-ring (bicyclic) bond motifs is 1. The molecule has 1 aromatic carbocycles. The Balaban J connectivity index is 2.01. The van der Waals surface area contributed by atoms with Crippen LogP contribution in [0, 0.1) is 28.8 Å². The number of hydrogen-bond donors (Lipinski definition) is 1. The molecule has 1 N–H and O–H groups in total. The number of aromatic nitrogens is 4. The van der Waals surface area contributed by atoms with Crippen molar-refractivity contribution in [2.24, 2.45) is 0 Å². The highest BCUT2D eigenvalue weighted by molar-refractivity contribution is 5.81. The van der Waals surface area contributed by atoms with Gasteiger partial charge < -0.3 is 5.43 Å². The number of nitrogens with zero attached hydrogens (tertiary/aromatic N) is 6. The Bertz CT molecular complexity index is 1110. The van der Waals surface area contributed by atoms with E-state index in [9.17, 15) is 18.4 Å². The Morgan fingerprint density at radius 1 is 1.07 bits per heavy atom. The van der Waals surface area contributed by atoms with Crippen LogP contribution in [0.25, 0.3) is 16.9 Å². The first kappa shape index (κ1) is 17.9. The summed E-state index contributed by atoms with van der Waals surface area (Å²) >= 11 is 0. The Labute approximate surface area is 157 Å². The average Bonchev–Trinajstić information content (AvgIpc) is 3.23. The lowest BCUT2D eigenvalue weighted by molar-refractivity contribution is 0.279. The smallest absolute Gasteiger partial charge is 0.255 e. The lowest BCUT2D eigenvalue weighted by Gasteiger charge is -2.29. The van der Waals surface area contributed by atoms with Gasteiger partial charge in [-0.2, -0.15) is 24.8 Å². The zero-order valence-electron chi connectivity index (χ0n) is 14.9. The van der Waals surface area contributed by atoms with Crippen LogP contribution in [0.15, 0.2) is 30.6 Å². The van der Waals surface area contributed by atoms with Gasteiger partial charge in [-0.25, -0.2) is 18.2 Å². The second-order valence-corrected chi connectivity index (χ2v) is 6.40. The van der Waals surface area contributed by atoms with Crippen LogP contribution in [-0.2, 0) is 0 Å². The van der Waals surface area contributed by atoms with Gasteiger partial charge in [-0.15, -0.1) is 0 Å². The van der Waals surface area contributed by atoms with Crippen LogP contribution in [0.2, 0.25) is 0 Å². The molecular weight excluding hydrogens is 371 g/mol. The van der Waals surface area contributed by atoms with Gasteiger partial charge in [0.15, 0.2) is 11.5 Å². The van der Waals surface area contributed by atoms with Crippen LogP contribution in [0.1, 0.15) is 19.5 Å². The molecule has 0 fully saturated rings. The molecule has 0 bridgehead atoms. The molecule has 10 heteroatoms. The van der Waals surface area contributed by atoms with Gasteiger partial charge in [0, 0.05) is 24.2 Å². The van der Waals surface area contributed by atoms with Crippen molar-refractivity contribution in [3.63, 3.8) is 0 Å². The summed E-state index contributed by atoms with van der Waals surface area (Å²) in [5, 5.41) is 15.4. The van der Waals surface area contributed by atoms with Gasteiger partial charge >= 0.3 is 0 Å². The summed E-state index contributed by atoms with van der Waals surface area (Å²) in [6, 6.07) is 2.87. The zero-order chi connectivity index (χ0) is 20.0. The van der Waals surface area contributed by atoms with Crippen molar-refractivity contribution in [2.45, 2.75) is 25.9 Å². The molecular formula is C18H14F3N7. The summed E-state index contributed by atoms with van der Waals surface area (Å²) < 4.78 is 43.8. The van der Waals surface area contributed by atoms with Crippen molar-refractivity contribution in [3.8, 4) is 17.2 Å². The topological polar surface area (TPSA) is 82.1 Å². The predicted molar refractivity (Wildman–Crippen MR) is 94.3 cm³/mol. The second-order valence-electron chi connectivity index (χ2n) is 6.40. The summed E-state index contributed by atoms with van der Waals surface area (Å²) in [5.41, 5.74) is 2.09. The molecule has 0 radical (unpaired) electrons. The minimum atomic E-state index is -1.15. The van der Waals surface area contributed by atoms with E-state index >= 15 is 0 Å². The van der Waals surface area contributed by atoms with Crippen molar-refractivity contribution in [1.82, 2.24) is 24.6 Å². The molecule has 2 aromatic heterocycles. The molecule has 3 aromatic rings. The highest BCUT2D eigenvalue weighted by atomic mass is 19.1. The van der Waals surface area contributed by atoms with Crippen LogP contribution in [0.4, 0.5) is 19.0 Å². The van der Waals surface area contributed by atoms with Gasteiger partial charge in [0.05, 0.1) is 11.1 Å². The summed E-state index contributed by atoms with van der Waals surface area (Å²) in [4.78, 5) is 8.00. The summed E-state index contributed by atoms with van der Waals surface area (Å²) in [5.74, 6) is -3.19. The standard InChI is InChI=1S/C18H14F3N7/c1-9-3-4-10(2)27(9)26-17-16(15-12(20)5-11(19)6-13(15)21)14(7-22)25-18-23-8-24-28(17)18/h3-6,8-10,26H,1-2H3. The van der Waals surface area contributed by atoms with Crippen molar-refractivity contribution in [1.29, 1.82) is 5.26 Å². The van der Waals surface area contributed by atoms with Gasteiger partial charge in [-0.3, -0.25) is 0 Å². The van der Waals surface area contributed by atoms with Crippen molar-refractivity contribution in [2.75, 3.05) is 5.43 Å². The molecule has 0 amide bonds. The van der Waals surface area contributed by atoms with Crippen molar-refractivity contribution < 1.29 is 13.2 Å². The average molecular weight is 385 g/mol. The third-order valence-corrected chi connectivity index (χ3v) is 4.57. The maximum atomic E-state index is 14.6. The van der Waals surface area contributed by atoms with E-state index in [0.717, 1.165) is 0 Å². The van der Waals surface area contributed by atoms with E-state index in [1.807, 2.05) is 37.1 Å². The summed E-state index contributed by atoms with van der Waals surface area (Å²) in [6.07, 6.45) is 5.13. The lowest BCUT2D eigenvalue weighted by Crippen LogP contribution is -2.39. The quantitative estimate of drug-likeness (QED) is 0.698. The van der Waals surface area contributed by atoms with Crippen LogP contribution in [-0.4, -0.2) is 36.7 Å². The molecule has 3 heterocycles. The predicted octanol–water partition coefficient (Wildman–Crippen LogP) is 3.06. The fraction of sp³-hybridized carbons (Fsp3) is 0.222. The number of hydrazine groups is 1. The van der Waals surface area contributed by atoms with E-state index in [1.54, 1.807) is 0 Å². The van der Waals surface area contributed by atoms with Gasteiger partial charge in [0.1, 0.15) is 29.8 Å². The second kappa shape index (κ2) is 6.61. The van der Waals surface area contributed by atoms with Gasteiger partial charge in [0.2, 0.25) is 0 Å². The molecule has 0 spiro atoms. The molecule has 1 aliphatic rings. The van der Waals surface area contributed by atoms with Gasteiger partial charge in [-0.1, -0.05) is 12.2 Å². The molecule has 2 atom stereocenters. The number of benzene rings is 1. The lowest BCUT2D eigenvalue weighted by atomic mass is 10.0. The van der Waals surface area contributed by atoms with Crippen LogP contribution >= 0.6 is 0 Å². The highest BCUT2D eigenvalue weighted by Gasteiger charge is 2.29. The van der Waals surface area contributed by atoms with Crippen LogP contribution in [0.5, 0.6) is 0 Å². The molecule has 0 saturated carbocycles. The largest absolute Gasteiger partial charge is 0.301 e. The first-order chi connectivity index (χ1) is 13.4. The third-order valence-electron chi connectivity index (χ3n) is 4.57. The highest BCUT2D eigenvalue weighted by Crippen LogP contribution is 2.36. The number of rotatable bonds is 3.